The number of anilines is 1. The second kappa shape index (κ2) is 9.13. The Morgan fingerprint density at radius 3 is 2.58 bits per heavy atom. The van der Waals surface area contributed by atoms with Crippen molar-refractivity contribution in [3.05, 3.63) is 11.1 Å². The van der Waals surface area contributed by atoms with Gasteiger partial charge in [-0.05, 0) is 34.6 Å². The summed E-state index contributed by atoms with van der Waals surface area (Å²) in [5, 5.41) is 19.1. The number of oxime groups is 1. The number of hydrogen-bond acceptors (Lipinski definition) is 8. The maximum absolute atomic E-state index is 12.1. The van der Waals surface area contributed by atoms with E-state index in [4.69, 9.17) is 14.7 Å². The zero-order valence-corrected chi connectivity index (χ0v) is 16.0. The molecule has 0 spiro atoms. The minimum Gasteiger partial charge on any atom is -0.476 e. The number of nitrogens with zero attached hydrogens (tertiary/aromatic N) is 2. The van der Waals surface area contributed by atoms with Crippen LogP contribution in [-0.4, -0.2) is 52.0 Å². The van der Waals surface area contributed by atoms with Gasteiger partial charge in [0.15, 0.2) is 5.13 Å². The van der Waals surface area contributed by atoms with E-state index in [0.717, 1.165) is 11.3 Å². The van der Waals surface area contributed by atoms with Crippen molar-refractivity contribution in [2.45, 2.75) is 46.3 Å². The van der Waals surface area contributed by atoms with E-state index in [1.807, 2.05) is 0 Å². The number of alkyl carbamates (subject to hydrolysis) is 1. The van der Waals surface area contributed by atoms with Gasteiger partial charge in [0.05, 0.1) is 0 Å². The van der Waals surface area contributed by atoms with Gasteiger partial charge in [0.2, 0.25) is 11.6 Å². The SMILES string of the molecule is CCON=C(C(=O)O)c1csc(NC(=O)[C@H](C)NC(=O)OC(C)(C)C)n1. The third-order valence-corrected chi connectivity index (χ3v) is 3.35. The lowest BCUT2D eigenvalue weighted by Crippen LogP contribution is -2.43. The Balaban J connectivity index is 2.72. The molecule has 144 valence electrons. The Bertz CT molecular complexity index is 695. The predicted octanol–water partition coefficient (Wildman–Crippen LogP) is 1.82. The van der Waals surface area contributed by atoms with E-state index in [9.17, 15) is 14.4 Å². The van der Waals surface area contributed by atoms with Crippen LogP contribution in [0, 0.1) is 0 Å². The molecule has 1 atom stereocenters. The molecule has 26 heavy (non-hydrogen) atoms. The van der Waals surface area contributed by atoms with Crippen molar-refractivity contribution in [3.8, 4) is 0 Å². The zero-order chi connectivity index (χ0) is 19.9. The van der Waals surface area contributed by atoms with Gasteiger partial charge in [0, 0.05) is 5.38 Å². The fraction of sp³-hybridized carbons (Fsp3) is 0.533. The van der Waals surface area contributed by atoms with Crippen molar-refractivity contribution in [3.63, 3.8) is 0 Å². The van der Waals surface area contributed by atoms with E-state index in [0.29, 0.717) is 0 Å². The largest absolute Gasteiger partial charge is 0.476 e. The second-order valence-electron chi connectivity index (χ2n) is 6.06. The molecular weight excluding hydrogens is 364 g/mol. The molecule has 3 N–H and O–H groups in total. The summed E-state index contributed by atoms with van der Waals surface area (Å²) in [5.74, 6) is -1.84. The topological polar surface area (TPSA) is 139 Å². The van der Waals surface area contributed by atoms with E-state index < -0.39 is 29.6 Å². The van der Waals surface area contributed by atoms with Gasteiger partial charge in [0.1, 0.15) is 23.9 Å². The molecule has 0 bridgehead atoms. The number of amides is 2. The van der Waals surface area contributed by atoms with Gasteiger partial charge >= 0.3 is 12.1 Å². The van der Waals surface area contributed by atoms with Crippen molar-refractivity contribution in [2.75, 3.05) is 11.9 Å². The highest BCUT2D eigenvalue weighted by Crippen LogP contribution is 2.17. The number of carbonyl (C=O) groups excluding carboxylic acids is 2. The van der Waals surface area contributed by atoms with Gasteiger partial charge in [-0.1, -0.05) is 5.16 Å². The molecule has 0 radical (unpaired) electrons. The smallest absolute Gasteiger partial charge is 0.408 e. The molecule has 0 saturated carbocycles. The van der Waals surface area contributed by atoms with Crippen LogP contribution in [0.4, 0.5) is 9.93 Å². The van der Waals surface area contributed by atoms with Crippen molar-refractivity contribution < 1.29 is 29.1 Å². The number of ether oxygens (including phenoxy) is 1. The Kier molecular flexibility index (Phi) is 7.50. The van der Waals surface area contributed by atoms with E-state index >= 15 is 0 Å². The molecule has 1 rings (SSSR count). The van der Waals surface area contributed by atoms with E-state index in [2.05, 4.69) is 20.8 Å². The molecule has 11 heteroatoms. The summed E-state index contributed by atoms with van der Waals surface area (Å²) < 4.78 is 5.07. The maximum Gasteiger partial charge on any atom is 0.408 e. The molecule has 0 fully saturated rings. The number of carboxylic acid groups (broad SMARTS) is 1. The van der Waals surface area contributed by atoms with Crippen LogP contribution in [0.2, 0.25) is 0 Å². The molecule has 0 aliphatic rings. The highest BCUT2D eigenvalue weighted by atomic mass is 32.1. The molecule has 0 aromatic carbocycles. The average Bonchev–Trinajstić information content (AvgIpc) is 2.93. The molecular formula is C15H22N4O6S. The lowest BCUT2D eigenvalue weighted by atomic mass is 10.2. The Labute approximate surface area is 154 Å². The summed E-state index contributed by atoms with van der Waals surface area (Å²) in [4.78, 5) is 43.7. The fourth-order valence-corrected chi connectivity index (χ4v) is 2.23. The highest BCUT2D eigenvalue weighted by Gasteiger charge is 2.23. The maximum atomic E-state index is 12.1. The van der Waals surface area contributed by atoms with Crippen LogP contribution in [0.15, 0.2) is 10.5 Å². The van der Waals surface area contributed by atoms with E-state index in [1.165, 1.54) is 12.3 Å². The second-order valence-corrected chi connectivity index (χ2v) is 6.92. The summed E-state index contributed by atoms with van der Waals surface area (Å²) >= 11 is 1.02. The van der Waals surface area contributed by atoms with Crippen LogP contribution in [0.25, 0.3) is 0 Å². The van der Waals surface area contributed by atoms with Gasteiger partial charge in [-0.25, -0.2) is 14.6 Å². The van der Waals surface area contributed by atoms with Gasteiger partial charge < -0.3 is 25.3 Å². The number of thiazole rings is 1. The molecule has 0 unspecified atom stereocenters. The highest BCUT2D eigenvalue weighted by molar-refractivity contribution is 7.14. The third-order valence-electron chi connectivity index (χ3n) is 2.59. The van der Waals surface area contributed by atoms with Crippen molar-refractivity contribution >= 4 is 40.1 Å². The first-order valence-corrected chi connectivity index (χ1v) is 8.61. The van der Waals surface area contributed by atoms with Crippen LogP contribution in [0.3, 0.4) is 0 Å². The summed E-state index contributed by atoms with van der Waals surface area (Å²) in [6, 6.07) is -0.881. The molecule has 1 heterocycles. The van der Waals surface area contributed by atoms with Crippen molar-refractivity contribution in [1.29, 1.82) is 0 Å². The minimum absolute atomic E-state index is 0.0546. The van der Waals surface area contributed by atoms with Crippen LogP contribution in [-0.2, 0) is 19.2 Å². The van der Waals surface area contributed by atoms with Gasteiger partial charge in [0.25, 0.3) is 0 Å². The number of hydrogen-bond donors (Lipinski definition) is 3. The Hall–Kier alpha value is -2.69. The molecule has 1 aromatic rings. The lowest BCUT2D eigenvalue weighted by Gasteiger charge is -2.21. The quantitative estimate of drug-likeness (QED) is 0.480. The summed E-state index contributed by atoms with van der Waals surface area (Å²) in [6.45, 7) is 8.47. The lowest BCUT2D eigenvalue weighted by molar-refractivity contribution is -0.129. The average molecular weight is 386 g/mol. The summed E-state index contributed by atoms with van der Waals surface area (Å²) in [5.41, 5.74) is -1.00. The molecule has 0 saturated heterocycles. The number of aromatic nitrogens is 1. The molecule has 10 nitrogen and oxygen atoms in total. The van der Waals surface area contributed by atoms with Crippen molar-refractivity contribution in [1.82, 2.24) is 10.3 Å². The monoisotopic (exact) mass is 386 g/mol. The Morgan fingerprint density at radius 1 is 1.38 bits per heavy atom. The van der Waals surface area contributed by atoms with Crippen LogP contribution >= 0.6 is 11.3 Å². The summed E-state index contributed by atoms with van der Waals surface area (Å²) in [7, 11) is 0. The fourth-order valence-electron chi connectivity index (χ4n) is 1.53. The number of carbonyl (C=O) groups is 3. The molecule has 2 amide bonds. The van der Waals surface area contributed by atoms with Crippen LogP contribution in [0.1, 0.15) is 40.3 Å². The number of aliphatic carboxylic acids is 1. The normalized spacial score (nSPS) is 12.9. The van der Waals surface area contributed by atoms with Gasteiger partial charge in [-0.15, -0.1) is 11.3 Å². The number of rotatable bonds is 7. The standard InChI is InChI=1S/C15H22N4O6S/c1-6-24-19-10(12(21)22)9-7-26-13(17-9)18-11(20)8(2)16-14(23)25-15(3,4)5/h7-8H,6H2,1-5H3,(H,16,23)(H,21,22)(H,17,18,20)/t8-/m0/s1. The van der Waals surface area contributed by atoms with Gasteiger partial charge in [-0.3, -0.25) is 4.79 Å². The Morgan fingerprint density at radius 2 is 2.04 bits per heavy atom. The van der Waals surface area contributed by atoms with Crippen LogP contribution < -0.4 is 10.6 Å². The predicted molar refractivity (Wildman–Crippen MR) is 95.4 cm³/mol. The molecule has 0 aliphatic carbocycles. The van der Waals surface area contributed by atoms with Gasteiger partial charge in [-0.2, -0.15) is 0 Å². The van der Waals surface area contributed by atoms with E-state index in [1.54, 1.807) is 27.7 Å². The number of nitrogens with one attached hydrogen (secondary N) is 2. The summed E-state index contributed by atoms with van der Waals surface area (Å²) in [6.07, 6.45) is -0.725. The number of carboxylic acids is 1. The van der Waals surface area contributed by atoms with Crippen LogP contribution in [0.5, 0.6) is 0 Å². The molecule has 0 aliphatic heterocycles. The first-order chi connectivity index (χ1) is 12.0. The van der Waals surface area contributed by atoms with E-state index in [-0.39, 0.29) is 23.1 Å². The first kappa shape index (κ1) is 21.4. The first-order valence-electron chi connectivity index (χ1n) is 7.73. The molecule has 1 aromatic heterocycles. The minimum atomic E-state index is -1.30. The zero-order valence-electron chi connectivity index (χ0n) is 15.2. The third kappa shape index (κ3) is 7.05. The van der Waals surface area contributed by atoms with Crippen molar-refractivity contribution in [2.24, 2.45) is 5.16 Å².